The van der Waals surface area contributed by atoms with Gasteiger partial charge in [0, 0.05) is 17.7 Å². The molecule has 1 fully saturated rings. The van der Waals surface area contributed by atoms with Crippen molar-refractivity contribution >= 4 is 15.7 Å². The minimum absolute atomic E-state index is 0.0165. The average molecular weight is 256 g/mol. The fourth-order valence-electron chi connectivity index (χ4n) is 1.51. The summed E-state index contributed by atoms with van der Waals surface area (Å²) in [7, 11) is -3.48. The van der Waals surface area contributed by atoms with Gasteiger partial charge < -0.3 is 0 Å². The summed E-state index contributed by atoms with van der Waals surface area (Å²) in [5.41, 5.74) is 0.0549. The zero-order chi connectivity index (χ0) is 12.5. The molecule has 1 aliphatic carbocycles. The Kier molecular flexibility index (Phi) is 3.12. The quantitative estimate of drug-likeness (QED) is 0.632. The lowest BCUT2D eigenvalue weighted by atomic mass is 10.2. The molecule has 0 unspecified atom stereocenters. The molecule has 0 atom stereocenters. The minimum atomic E-state index is -3.48. The van der Waals surface area contributed by atoms with Gasteiger partial charge in [0.05, 0.1) is 10.7 Å². The Bertz CT molecular complexity index is 537. The third kappa shape index (κ3) is 3.24. The number of para-hydroxylation sites is 1. The van der Waals surface area contributed by atoms with Crippen LogP contribution < -0.4 is 4.72 Å². The van der Waals surface area contributed by atoms with Crippen LogP contribution in [-0.4, -0.2) is 19.4 Å². The Morgan fingerprint density at radius 2 is 2.00 bits per heavy atom. The van der Waals surface area contributed by atoms with E-state index >= 15 is 0 Å². The van der Waals surface area contributed by atoms with Crippen molar-refractivity contribution in [3.8, 4) is 0 Å². The fourth-order valence-corrected chi connectivity index (χ4v) is 2.99. The standard InChI is InChI=1S/C10H12N2O4S/c13-12(14)10-4-2-1-3-8(10)7-17(15,16)11-9-5-6-9/h1-4,9,11H,5-7H2. The third-order valence-corrected chi connectivity index (χ3v) is 3.84. The Balaban J connectivity index is 2.20. The molecule has 0 aliphatic heterocycles. The number of nitro benzene ring substituents is 1. The molecule has 0 spiro atoms. The molecule has 1 aromatic carbocycles. The normalized spacial score (nSPS) is 15.8. The number of rotatable bonds is 5. The molecule has 7 heteroatoms. The molecule has 1 N–H and O–H groups in total. The van der Waals surface area contributed by atoms with Crippen LogP contribution in [0.25, 0.3) is 0 Å². The van der Waals surface area contributed by atoms with Crippen LogP contribution in [0.4, 0.5) is 5.69 Å². The first-order chi connectivity index (χ1) is 7.98. The topological polar surface area (TPSA) is 89.3 Å². The summed E-state index contributed by atoms with van der Waals surface area (Å²) in [6, 6.07) is 5.90. The van der Waals surface area contributed by atoms with Gasteiger partial charge in [-0.05, 0) is 12.8 Å². The largest absolute Gasteiger partial charge is 0.273 e. The molecular weight excluding hydrogens is 244 g/mol. The van der Waals surface area contributed by atoms with Gasteiger partial charge >= 0.3 is 0 Å². The van der Waals surface area contributed by atoms with E-state index in [1.165, 1.54) is 18.2 Å². The molecule has 0 heterocycles. The smallest absolute Gasteiger partial charge is 0.258 e. The first kappa shape index (κ1) is 12.0. The first-order valence-electron chi connectivity index (χ1n) is 5.20. The highest BCUT2D eigenvalue weighted by molar-refractivity contribution is 7.88. The van der Waals surface area contributed by atoms with Crippen molar-refractivity contribution < 1.29 is 13.3 Å². The van der Waals surface area contributed by atoms with E-state index < -0.39 is 14.9 Å². The summed E-state index contributed by atoms with van der Waals surface area (Å²) >= 11 is 0. The van der Waals surface area contributed by atoms with Gasteiger partial charge in [0.2, 0.25) is 10.0 Å². The molecule has 0 saturated heterocycles. The zero-order valence-electron chi connectivity index (χ0n) is 9.00. The number of benzene rings is 1. The van der Waals surface area contributed by atoms with Crippen molar-refractivity contribution in [1.82, 2.24) is 4.72 Å². The number of hydrogen-bond donors (Lipinski definition) is 1. The Morgan fingerprint density at radius 1 is 1.35 bits per heavy atom. The number of nitrogens with one attached hydrogen (secondary N) is 1. The molecule has 0 amide bonds. The van der Waals surface area contributed by atoms with Crippen LogP contribution in [0, 0.1) is 10.1 Å². The van der Waals surface area contributed by atoms with E-state index in [9.17, 15) is 18.5 Å². The van der Waals surface area contributed by atoms with Crippen LogP contribution in [0.1, 0.15) is 18.4 Å². The van der Waals surface area contributed by atoms with Crippen LogP contribution in [0.3, 0.4) is 0 Å². The molecule has 6 nitrogen and oxygen atoms in total. The summed E-state index contributed by atoms with van der Waals surface area (Å²) in [6.45, 7) is 0. The van der Waals surface area contributed by atoms with Gasteiger partial charge in [0.1, 0.15) is 0 Å². The number of hydrogen-bond acceptors (Lipinski definition) is 4. The number of sulfonamides is 1. The maximum absolute atomic E-state index is 11.7. The molecule has 1 aromatic rings. The van der Waals surface area contributed by atoms with Crippen molar-refractivity contribution in [2.45, 2.75) is 24.6 Å². The molecule has 0 bridgehead atoms. The molecular formula is C10H12N2O4S. The third-order valence-electron chi connectivity index (χ3n) is 2.46. The van der Waals surface area contributed by atoms with Crippen LogP contribution in [0.15, 0.2) is 24.3 Å². The van der Waals surface area contributed by atoms with E-state index in [1.54, 1.807) is 6.07 Å². The highest BCUT2D eigenvalue weighted by Gasteiger charge is 2.28. The minimum Gasteiger partial charge on any atom is -0.258 e. The van der Waals surface area contributed by atoms with Gasteiger partial charge in [0.25, 0.3) is 5.69 Å². The Morgan fingerprint density at radius 3 is 2.59 bits per heavy atom. The first-order valence-corrected chi connectivity index (χ1v) is 6.85. The Labute approximate surface area is 98.8 Å². The van der Waals surface area contributed by atoms with E-state index in [2.05, 4.69) is 4.72 Å². The van der Waals surface area contributed by atoms with Crippen molar-refractivity contribution in [2.24, 2.45) is 0 Å². The lowest BCUT2D eigenvalue weighted by molar-refractivity contribution is -0.385. The van der Waals surface area contributed by atoms with Crippen molar-refractivity contribution in [3.05, 3.63) is 39.9 Å². The zero-order valence-corrected chi connectivity index (χ0v) is 9.81. The maximum Gasteiger partial charge on any atom is 0.273 e. The fraction of sp³-hybridized carbons (Fsp3) is 0.400. The molecule has 2 rings (SSSR count). The van der Waals surface area contributed by atoms with E-state index in [-0.39, 0.29) is 23.0 Å². The second-order valence-corrected chi connectivity index (χ2v) is 5.79. The van der Waals surface area contributed by atoms with E-state index in [0.717, 1.165) is 12.8 Å². The van der Waals surface area contributed by atoms with E-state index in [4.69, 9.17) is 0 Å². The number of nitrogens with zero attached hydrogens (tertiary/aromatic N) is 1. The summed E-state index contributed by atoms with van der Waals surface area (Å²) < 4.78 is 25.9. The van der Waals surface area contributed by atoms with Gasteiger partial charge in [-0.15, -0.1) is 0 Å². The summed E-state index contributed by atoms with van der Waals surface area (Å²) in [6.07, 6.45) is 1.69. The highest BCUT2D eigenvalue weighted by Crippen LogP contribution is 2.23. The van der Waals surface area contributed by atoms with Crippen molar-refractivity contribution in [3.63, 3.8) is 0 Å². The summed E-state index contributed by atoms with van der Waals surface area (Å²) in [4.78, 5) is 10.2. The monoisotopic (exact) mass is 256 g/mol. The maximum atomic E-state index is 11.7. The van der Waals surface area contributed by atoms with E-state index in [1.807, 2.05) is 0 Å². The molecule has 92 valence electrons. The average Bonchev–Trinajstić information content (AvgIpc) is 3.00. The van der Waals surface area contributed by atoms with Crippen LogP contribution in [0.2, 0.25) is 0 Å². The molecule has 17 heavy (non-hydrogen) atoms. The van der Waals surface area contributed by atoms with Crippen molar-refractivity contribution in [2.75, 3.05) is 0 Å². The molecule has 0 aromatic heterocycles. The van der Waals surface area contributed by atoms with Crippen LogP contribution >= 0.6 is 0 Å². The van der Waals surface area contributed by atoms with E-state index in [0.29, 0.717) is 0 Å². The second kappa shape index (κ2) is 4.42. The van der Waals surface area contributed by atoms with Gasteiger partial charge in [-0.1, -0.05) is 18.2 Å². The van der Waals surface area contributed by atoms with Gasteiger partial charge in [-0.2, -0.15) is 0 Å². The lowest BCUT2D eigenvalue weighted by Gasteiger charge is -2.05. The Hall–Kier alpha value is -1.47. The predicted molar refractivity (Wildman–Crippen MR) is 61.9 cm³/mol. The van der Waals surface area contributed by atoms with Crippen LogP contribution in [-0.2, 0) is 15.8 Å². The number of nitro groups is 1. The van der Waals surface area contributed by atoms with Crippen molar-refractivity contribution in [1.29, 1.82) is 0 Å². The summed E-state index contributed by atoms with van der Waals surface area (Å²) in [5, 5.41) is 10.7. The molecule has 0 radical (unpaired) electrons. The van der Waals surface area contributed by atoms with Crippen LogP contribution in [0.5, 0.6) is 0 Å². The summed E-state index contributed by atoms with van der Waals surface area (Å²) in [5.74, 6) is -0.347. The highest BCUT2D eigenvalue weighted by atomic mass is 32.2. The second-order valence-electron chi connectivity index (χ2n) is 4.04. The van der Waals surface area contributed by atoms with Gasteiger partial charge in [-0.3, -0.25) is 10.1 Å². The van der Waals surface area contributed by atoms with Gasteiger partial charge in [-0.25, -0.2) is 13.1 Å². The van der Waals surface area contributed by atoms with Gasteiger partial charge in [0.15, 0.2) is 0 Å². The lowest BCUT2D eigenvalue weighted by Crippen LogP contribution is -2.27. The SMILES string of the molecule is O=[N+]([O-])c1ccccc1CS(=O)(=O)NC1CC1. The predicted octanol–water partition coefficient (Wildman–Crippen LogP) is 1.18. The molecule has 1 aliphatic rings. The molecule has 1 saturated carbocycles.